The molecule has 1 unspecified atom stereocenters. The molecule has 1 aromatic heterocycles. The van der Waals surface area contributed by atoms with E-state index in [1.165, 1.54) is 47.0 Å². The van der Waals surface area contributed by atoms with Gasteiger partial charge < -0.3 is 4.90 Å². The third-order valence-electron chi connectivity index (χ3n) is 5.87. The van der Waals surface area contributed by atoms with Gasteiger partial charge in [-0.25, -0.2) is 13.8 Å². The number of carbonyl (C=O) groups excluding carboxylic acids is 1. The number of carbonyl (C=O) groups is 1. The maximum atomic E-state index is 14.6. The van der Waals surface area contributed by atoms with Crippen LogP contribution in [-0.4, -0.2) is 26.9 Å². The molecule has 0 N–H and O–H groups in total. The zero-order valence-electron chi connectivity index (χ0n) is 19.9. The predicted octanol–water partition coefficient (Wildman–Crippen LogP) is 5.91. The summed E-state index contributed by atoms with van der Waals surface area (Å²) in [6.45, 7) is 6.16. The molecule has 1 heterocycles. The van der Waals surface area contributed by atoms with E-state index in [9.17, 15) is 18.4 Å². The summed E-state index contributed by atoms with van der Waals surface area (Å²) in [5.74, 6) is -1.10. The van der Waals surface area contributed by atoms with Gasteiger partial charge in [0.05, 0.1) is 28.2 Å². The third kappa shape index (κ3) is 4.85. The summed E-state index contributed by atoms with van der Waals surface area (Å²) in [5, 5.41) is 0.409. The van der Waals surface area contributed by atoms with Crippen LogP contribution >= 0.6 is 0 Å². The lowest BCUT2D eigenvalue weighted by Gasteiger charge is -2.33. The number of fused-ring (bicyclic) bond motifs is 1. The van der Waals surface area contributed by atoms with Gasteiger partial charge >= 0.3 is 0 Å². The summed E-state index contributed by atoms with van der Waals surface area (Å²) < 4.78 is 29.7. The topological polar surface area (TPSA) is 55.2 Å². The molecule has 1 atom stereocenters. The van der Waals surface area contributed by atoms with Gasteiger partial charge in [0.2, 0.25) is 0 Å². The summed E-state index contributed by atoms with van der Waals surface area (Å²) >= 11 is 0. The number of amides is 1. The molecule has 0 aliphatic heterocycles. The highest BCUT2D eigenvalue weighted by molar-refractivity contribution is 5.94. The number of hydrogen-bond acceptors (Lipinski definition) is 3. The monoisotopic (exact) mass is 475 g/mol. The fourth-order valence-electron chi connectivity index (χ4n) is 4.29. The van der Waals surface area contributed by atoms with Gasteiger partial charge in [0.1, 0.15) is 17.5 Å². The van der Waals surface area contributed by atoms with Gasteiger partial charge in [0.25, 0.3) is 11.5 Å². The normalized spacial score (nSPS) is 12.2. The molecular weight excluding hydrogens is 448 g/mol. The summed E-state index contributed by atoms with van der Waals surface area (Å²) in [7, 11) is 0. The van der Waals surface area contributed by atoms with Crippen molar-refractivity contribution in [1.82, 2.24) is 14.5 Å². The smallest absolute Gasteiger partial charge is 0.266 e. The number of hydrogen-bond donors (Lipinski definition) is 0. The highest BCUT2D eigenvalue weighted by Gasteiger charge is 2.31. The minimum atomic E-state index is -0.633. The molecule has 4 aromatic rings. The molecule has 0 aliphatic carbocycles. The van der Waals surface area contributed by atoms with Crippen molar-refractivity contribution in [2.45, 2.75) is 33.2 Å². The second-order valence-corrected chi connectivity index (χ2v) is 8.86. The van der Waals surface area contributed by atoms with Crippen molar-refractivity contribution in [1.29, 1.82) is 0 Å². The van der Waals surface area contributed by atoms with E-state index in [2.05, 4.69) is 0 Å². The SMILES string of the molecule is CCC(c1nc2ccccc2c(=O)n1-c1ccc(F)cc1)N(CC(C)C)C(=O)c1ccccc1F. The average molecular weight is 476 g/mol. The van der Waals surface area contributed by atoms with Crippen LogP contribution in [0.4, 0.5) is 8.78 Å². The number of para-hydroxylation sites is 1. The fourth-order valence-corrected chi connectivity index (χ4v) is 4.29. The molecule has 0 saturated heterocycles. The summed E-state index contributed by atoms with van der Waals surface area (Å²) in [4.78, 5) is 33.7. The minimum Gasteiger partial charge on any atom is -0.328 e. The molecule has 7 heteroatoms. The lowest BCUT2D eigenvalue weighted by atomic mass is 10.0. The molecule has 1 amide bonds. The van der Waals surface area contributed by atoms with Crippen LogP contribution < -0.4 is 5.56 Å². The van der Waals surface area contributed by atoms with Crippen LogP contribution in [0.1, 0.15) is 49.4 Å². The van der Waals surface area contributed by atoms with Gasteiger partial charge in [-0.3, -0.25) is 14.2 Å². The molecule has 0 saturated carbocycles. The van der Waals surface area contributed by atoms with Crippen molar-refractivity contribution in [2.24, 2.45) is 5.92 Å². The maximum absolute atomic E-state index is 14.6. The lowest BCUT2D eigenvalue weighted by molar-refractivity contribution is 0.0626. The number of benzene rings is 3. The van der Waals surface area contributed by atoms with Gasteiger partial charge in [0.15, 0.2) is 0 Å². The van der Waals surface area contributed by atoms with Gasteiger partial charge in [-0.1, -0.05) is 45.0 Å². The Kier molecular flexibility index (Phi) is 7.05. The number of aromatic nitrogens is 2. The Balaban J connectivity index is 1.97. The zero-order valence-corrected chi connectivity index (χ0v) is 19.9. The number of nitrogens with zero attached hydrogens (tertiary/aromatic N) is 3. The first kappa shape index (κ1) is 24.3. The van der Waals surface area contributed by atoms with E-state index in [4.69, 9.17) is 4.98 Å². The Hall–Kier alpha value is -3.87. The summed E-state index contributed by atoms with van der Waals surface area (Å²) in [6, 6.07) is 17.8. The van der Waals surface area contributed by atoms with Crippen LogP contribution in [0.15, 0.2) is 77.6 Å². The summed E-state index contributed by atoms with van der Waals surface area (Å²) in [5.41, 5.74) is 0.569. The first-order chi connectivity index (χ1) is 16.8. The Labute approximate surface area is 202 Å². The molecule has 0 radical (unpaired) electrons. The van der Waals surface area contributed by atoms with Crippen LogP contribution in [0.2, 0.25) is 0 Å². The Bertz CT molecular complexity index is 1410. The van der Waals surface area contributed by atoms with Crippen molar-refractivity contribution >= 4 is 16.8 Å². The van der Waals surface area contributed by atoms with Crippen molar-refractivity contribution < 1.29 is 13.6 Å². The molecule has 0 fully saturated rings. The molecule has 3 aromatic carbocycles. The van der Waals surface area contributed by atoms with E-state index in [0.717, 1.165) is 0 Å². The van der Waals surface area contributed by atoms with E-state index >= 15 is 0 Å². The van der Waals surface area contributed by atoms with Gasteiger partial charge in [-0.15, -0.1) is 0 Å². The van der Waals surface area contributed by atoms with Crippen LogP contribution in [0, 0.1) is 17.6 Å². The minimum absolute atomic E-state index is 0.0388. The summed E-state index contributed by atoms with van der Waals surface area (Å²) in [6.07, 6.45) is 0.429. The van der Waals surface area contributed by atoms with Crippen molar-refractivity contribution in [3.05, 3.63) is 106 Å². The molecule has 0 spiro atoms. The molecule has 0 bridgehead atoms. The molecule has 0 aliphatic rings. The lowest BCUT2D eigenvalue weighted by Crippen LogP contribution is -2.40. The van der Waals surface area contributed by atoms with E-state index in [0.29, 0.717) is 35.4 Å². The van der Waals surface area contributed by atoms with Crippen molar-refractivity contribution in [3.8, 4) is 5.69 Å². The highest BCUT2D eigenvalue weighted by Crippen LogP contribution is 2.29. The zero-order chi connectivity index (χ0) is 25.1. The molecule has 5 nitrogen and oxygen atoms in total. The Morgan fingerprint density at radius 2 is 1.63 bits per heavy atom. The van der Waals surface area contributed by atoms with Crippen molar-refractivity contribution in [3.63, 3.8) is 0 Å². The largest absolute Gasteiger partial charge is 0.328 e. The standard InChI is InChI=1S/C28H27F2N3O2/c1-4-25(32(17-18(2)3)27(34)21-9-5-7-11-23(21)30)26-31-24-12-8-6-10-22(24)28(35)33(26)20-15-13-19(29)14-16-20/h5-16,18,25H,4,17H2,1-3H3. The van der Waals surface area contributed by atoms with Crippen LogP contribution in [0.3, 0.4) is 0 Å². The van der Waals surface area contributed by atoms with E-state index in [1.807, 2.05) is 20.8 Å². The fraction of sp³-hybridized carbons (Fsp3) is 0.250. The molecule has 4 rings (SSSR count). The first-order valence-corrected chi connectivity index (χ1v) is 11.6. The van der Waals surface area contributed by atoms with Crippen molar-refractivity contribution in [2.75, 3.05) is 6.54 Å². The Morgan fingerprint density at radius 3 is 2.29 bits per heavy atom. The third-order valence-corrected chi connectivity index (χ3v) is 5.87. The molecular formula is C28H27F2N3O2. The van der Waals surface area contributed by atoms with E-state index < -0.39 is 23.6 Å². The van der Waals surface area contributed by atoms with Crippen LogP contribution in [0.5, 0.6) is 0 Å². The second-order valence-electron chi connectivity index (χ2n) is 8.86. The van der Waals surface area contributed by atoms with Gasteiger partial charge in [-0.05, 0) is 60.9 Å². The number of rotatable bonds is 7. The predicted molar refractivity (Wildman–Crippen MR) is 133 cm³/mol. The van der Waals surface area contributed by atoms with Gasteiger partial charge in [0, 0.05) is 6.54 Å². The number of halogens is 2. The first-order valence-electron chi connectivity index (χ1n) is 11.6. The quantitative estimate of drug-likeness (QED) is 0.334. The van der Waals surface area contributed by atoms with E-state index in [1.54, 1.807) is 35.2 Å². The molecule has 35 heavy (non-hydrogen) atoms. The van der Waals surface area contributed by atoms with Gasteiger partial charge in [-0.2, -0.15) is 0 Å². The highest BCUT2D eigenvalue weighted by atomic mass is 19.1. The average Bonchev–Trinajstić information content (AvgIpc) is 2.84. The van der Waals surface area contributed by atoms with Crippen LogP contribution in [-0.2, 0) is 0 Å². The van der Waals surface area contributed by atoms with Crippen LogP contribution in [0.25, 0.3) is 16.6 Å². The second kappa shape index (κ2) is 10.2. The van der Waals surface area contributed by atoms with E-state index in [-0.39, 0.29) is 17.0 Å². The maximum Gasteiger partial charge on any atom is 0.266 e. The Morgan fingerprint density at radius 1 is 0.971 bits per heavy atom. The molecule has 180 valence electrons.